The summed E-state index contributed by atoms with van der Waals surface area (Å²) < 4.78 is 15.4. The maximum atomic E-state index is 12.7. The summed E-state index contributed by atoms with van der Waals surface area (Å²) >= 11 is 1.31. The number of thioether (sulfide) groups is 1. The summed E-state index contributed by atoms with van der Waals surface area (Å²) in [5.74, 6) is -1.73. The number of carbonyl (C=O) groups is 3. The highest BCUT2D eigenvalue weighted by molar-refractivity contribution is 7.99. The molecule has 1 heterocycles. The largest absolute Gasteiger partial charge is 0.508 e. The number of nitro groups is 2. The van der Waals surface area contributed by atoms with E-state index in [0.29, 0.717) is 11.1 Å². The molecule has 1 amide bonds. The molecule has 0 aromatic heterocycles. The Morgan fingerprint density at radius 2 is 1.43 bits per heavy atom. The van der Waals surface area contributed by atoms with E-state index < -0.39 is 39.4 Å². The summed E-state index contributed by atoms with van der Waals surface area (Å²) in [6, 6.07) is 11.0. The predicted molar refractivity (Wildman–Crippen MR) is 129 cm³/mol. The molecule has 13 nitrogen and oxygen atoms in total. The summed E-state index contributed by atoms with van der Waals surface area (Å²) in [6.45, 7) is 0.974. The van der Waals surface area contributed by atoms with Crippen LogP contribution in [0.5, 0.6) is 0 Å². The number of likely N-dealkylation sites (tertiary alicyclic amines) is 1. The summed E-state index contributed by atoms with van der Waals surface area (Å²) in [7, 11) is 0. The Morgan fingerprint density at radius 3 is 1.89 bits per heavy atom. The minimum atomic E-state index is -1.00. The highest BCUT2D eigenvalue weighted by atomic mass is 32.2. The molecule has 0 N–H and O–H groups in total. The molecule has 2 aromatic rings. The van der Waals surface area contributed by atoms with Crippen molar-refractivity contribution in [3.63, 3.8) is 0 Å². The van der Waals surface area contributed by atoms with Crippen LogP contribution in [0.25, 0.3) is 0 Å². The number of esters is 1. The fourth-order valence-electron chi connectivity index (χ4n) is 3.60. The zero-order valence-corrected chi connectivity index (χ0v) is 20.6. The van der Waals surface area contributed by atoms with E-state index in [1.54, 1.807) is 13.2 Å². The lowest BCUT2D eigenvalue weighted by Crippen LogP contribution is -2.64. The number of hydrogen-bond donors (Lipinski definition) is 0. The van der Waals surface area contributed by atoms with E-state index in [-0.39, 0.29) is 37.0 Å². The molecule has 0 spiro atoms. The first-order valence-corrected chi connectivity index (χ1v) is 12.2. The third-order valence-corrected chi connectivity index (χ3v) is 6.59. The number of benzene rings is 2. The van der Waals surface area contributed by atoms with Crippen molar-refractivity contribution >= 4 is 41.2 Å². The minimum absolute atomic E-state index is 0.0818. The quantitative estimate of drug-likeness (QED) is 0.179. The van der Waals surface area contributed by atoms with Gasteiger partial charge in [-0.2, -0.15) is 0 Å². The van der Waals surface area contributed by atoms with Gasteiger partial charge in [0.1, 0.15) is 31.8 Å². The normalized spacial score (nSPS) is 17.4. The van der Waals surface area contributed by atoms with Crippen molar-refractivity contribution < 1.29 is 38.4 Å². The van der Waals surface area contributed by atoms with E-state index in [1.165, 1.54) is 65.2 Å². The van der Waals surface area contributed by atoms with E-state index >= 15 is 0 Å². The third kappa shape index (κ3) is 6.94. The number of rotatable bonds is 11. The van der Waals surface area contributed by atoms with Crippen molar-refractivity contribution in [1.82, 2.24) is 4.90 Å². The van der Waals surface area contributed by atoms with Gasteiger partial charge in [0.2, 0.25) is 5.91 Å². The second kappa shape index (κ2) is 12.2. The number of nitro benzene ring substituents is 2. The molecule has 0 saturated carbocycles. The summed E-state index contributed by atoms with van der Waals surface area (Å²) in [5, 5.41) is 21.0. The Bertz CT molecular complexity index is 1170. The lowest BCUT2D eigenvalue weighted by atomic mass is 9.92. The lowest BCUT2D eigenvalue weighted by molar-refractivity contribution is -0.385. The first kappa shape index (κ1) is 27.4. The number of ether oxygens (including phenoxy) is 3. The highest BCUT2D eigenvalue weighted by Crippen LogP contribution is 2.37. The Kier molecular flexibility index (Phi) is 9.00. The topological polar surface area (TPSA) is 168 Å². The van der Waals surface area contributed by atoms with Gasteiger partial charge in [0.05, 0.1) is 15.2 Å². The molecule has 2 aromatic carbocycles. The standard InChI is InChI=1S/C23H23N3O10S/c1-14(36-23(29)35-13-16-5-9-18(10-6-16)26(32)33)20-21(28)24(22(20)37-2)11-19(27)34-12-15-3-7-17(8-4-15)25(30)31/h3-10,14,20,22H,11-13H2,1-2H3. The van der Waals surface area contributed by atoms with Crippen LogP contribution in [-0.4, -0.2) is 57.1 Å². The predicted octanol–water partition coefficient (Wildman–Crippen LogP) is 3.44. The van der Waals surface area contributed by atoms with Crippen LogP contribution in [0.2, 0.25) is 0 Å². The van der Waals surface area contributed by atoms with E-state index in [2.05, 4.69) is 0 Å². The number of amides is 1. The van der Waals surface area contributed by atoms with Crippen molar-refractivity contribution in [3.05, 3.63) is 79.9 Å². The second-order valence-corrected chi connectivity index (χ2v) is 8.94. The Hall–Kier alpha value is -4.20. The van der Waals surface area contributed by atoms with E-state index in [1.807, 2.05) is 0 Å². The molecule has 0 bridgehead atoms. The number of non-ortho nitro benzene ring substituents is 2. The minimum Gasteiger partial charge on any atom is -0.459 e. The van der Waals surface area contributed by atoms with E-state index in [0.717, 1.165) is 0 Å². The highest BCUT2D eigenvalue weighted by Gasteiger charge is 2.51. The summed E-state index contributed by atoms with van der Waals surface area (Å²) in [5.41, 5.74) is 0.908. The van der Waals surface area contributed by atoms with E-state index in [4.69, 9.17) is 14.2 Å². The molecule has 14 heteroatoms. The van der Waals surface area contributed by atoms with Gasteiger partial charge in [0.15, 0.2) is 0 Å². The molecule has 0 aliphatic carbocycles. The fraction of sp³-hybridized carbons (Fsp3) is 0.348. The van der Waals surface area contributed by atoms with Crippen molar-refractivity contribution in [3.8, 4) is 0 Å². The van der Waals surface area contributed by atoms with Crippen molar-refractivity contribution in [2.24, 2.45) is 5.92 Å². The van der Waals surface area contributed by atoms with Gasteiger partial charge in [-0.3, -0.25) is 29.8 Å². The Morgan fingerprint density at radius 1 is 0.946 bits per heavy atom. The molecule has 3 atom stereocenters. The molecule has 1 aliphatic rings. The molecule has 3 unspecified atom stereocenters. The number of carbonyl (C=O) groups excluding carboxylic acids is 3. The smallest absolute Gasteiger partial charge is 0.459 e. The molecule has 37 heavy (non-hydrogen) atoms. The summed E-state index contributed by atoms with van der Waals surface area (Å²) in [4.78, 5) is 58.7. The molecule has 0 radical (unpaired) electrons. The Labute approximate surface area is 215 Å². The number of hydrogen-bond acceptors (Lipinski definition) is 11. The van der Waals surface area contributed by atoms with Gasteiger partial charge in [0.25, 0.3) is 11.4 Å². The lowest BCUT2D eigenvalue weighted by Gasteiger charge is -2.47. The van der Waals surface area contributed by atoms with Gasteiger partial charge in [0, 0.05) is 24.3 Å². The van der Waals surface area contributed by atoms with Gasteiger partial charge < -0.3 is 19.1 Å². The maximum Gasteiger partial charge on any atom is 0.508 e. The maximum absolute atomic E-state index is 12.7. The average Bonchev–Trinajstić information content (AvgIpc) is 2.87. The van der Waals surface area contributed by atoms with Crippen LogP contribution in [-0.2, 0) is 37.0 Å². The van der Waals surface area contributed by atoms with Gasteiger partial charge in [-0.05, 0) is 48.6 Å². The Balaban J connectivity index is 1.45. The van der Waals surface area contributed by atoms with Gasteiger partial charge in [-0.15, -0.1) is 11.8 Å². The van der Waals surface area contributed by atoms with Gasteiger partial charge in [-0.25, -0.2) is 4.79 Å². The van der Waals surface area contributed by atoms with Gasteiger partial charge >= 0.3 is 12.1 Å². The van der Waals surface area contributed by atoms with Crippen LogP contribution in [0.1, 0.15) is 18.1 Å². The van der Waals surface area contributed by atoms with Crippen molar-refractivity contribution in [2.75, 3.05) is 12.8 Å². The SMILES string of the molecule is CSC1C(C(C)OC(=O)OCc2ccc([N+](=O)[O-])cc2)C(=O)N1CC(=O)OCc1ccc([N+](=O)[O-])cc1. The van der Waals surface area contributed by atoms with Crippen LogP contribution in [0.4, 0.5) is 16.2 Å². The average molecular weight is 534 g/mol. The van der Waals surface area contributed by atoms with Crippen LogP contribution in [0.15, 0.2) is 48.5 Å². The molecule has 1 saturated heterocycles. The molecule has 1 aliphatic heterocycles. The summed E-state index contributed by atoms with van der Waals surface area (Å²) in [6.07, 6.45) is -0.0833. The van der Waals surface area contributed by atoms with Crippen molar-refractivity contribution in [2.45, 2.75) is 31.6 Å². The van der Waals surface area contributed by atoms with Crippen LogP contribution in [0, 0.1) is 26.1 Å². The molecule has 196 valence electrons. The molecular weight excluding hydrogens is 510 g/mol. The van der Waals surface area contributed by atoms with E-state index in [9.17, 15) is 34.6 Å². The first-order chi connectivity index (χ1) is 17.6. The zero-order valence-electron chi connectivity index (χ0n) is 19.8. The zero-order chi connectivity index (χ0) is 27.1. The van der Waals surface area contributed by atoms with Crippen molar-refractivity contribution in [1.29, 1.82) is 0 Å². The van der Waals surface area contributed by atoms with Crippen LogP contribution in [0.3, 0.4) is 0 Å². The molecule has 1 fully saturated rings. The second-order valence-electron chi connectivity index (χ2n) is 7.99. The molecule has 3 rings (SSSR count). The third-order valence-electron chi connectivity index (χ3n) is 5.56. The first-order valence-electron chi connectivity index (χ1n) is 10.9. The van der Waals surface area contributed by atoms with Gasteiger partial charge in [-0.1, -0.05) is 0 Å². The monoisotopic (exact) mass is 533 g/mol. The number of nitrogens with zero attached hydrogens (tertiary/aromatic N) is 3. The number of β-lactam (4-membered cyclic amide) rings is 1. The van der Waals surface area contributed by atoms with Crippen LogP contribution >= 0.6 is 11.8 Å². The van der Waals surface area contributed by atoms with Crippen LogP contribution < -0.4 is 0 Å². The molecular formula is C23H23N3O10S. The fourth-order valence-corrected chi connectivity index (χ4v) is 4.67.